The molecule has 7 heteroatoms. The van der Waals surface area contributed by atoms with Gasteiger partial charge in [0.2, 0.25) is 10.0 Å². The smallest absolute Gasteiger partial charge is 0.238 e. The number of halogens is 1. The number of aromatic nitrogens is 1. The van der Waals surface area contributed by atoms with E-state index in [1.165, 1.54) is 0 Å². The number of sulfonamides is 1. The molecule has 0 saturated carbocycles. The zero-order valence-corrected chi connectivity index (χ0v) is 12.5. The largest absolute Gasteiger partial charge is 0.315 e. The summed E-state index contributed by atoms with van der Waals surface area (Å²) in [6.45, 7) is 3.29. The van der Waals surface area contributed by atoms with E-state index in [-0.39, 0.29) is 5.25 Å². The molecule has 2 rings (SSSR count). The molecule has 0 bridgehead atoms. The van der Waals surface area contributed by atoms with Gasteiger partial charge in [-0.05, 0) is 53.9 Å². The van der Waals surface area contributed by atoms with Gasteiger partial charge in [0.05, 0.1) is 5.25 Å². The van der Waals surface area contributed by atoms with Crippen LogP contribution in [0.25, 0.3) is 0 Å². The Morgan fingerprint density at radius 1 is 1.56 bits per heavy atom. The molecule has 1 fully saturated rings. The molecule has 1 aromatic heterocycles. The van der Waals surface area contributed by atoms with Crippen molar-refractivity contribution in [2.24, 2.45) is 0 Å². The van der Waals surface area contributed by atoms with Crippen LogP contribution in [0.4, 0.5) is 5.82 Å². The number of aryl methyl sites for hydroxylation is 1. The predicted octanol–water partition coefficient (Wildman–Crippen LogP) is 1.65. The zero-order valence-electron chi connectivity index (χ0n) is 10.1. The molecule has 100 valence electrons. The van der Waals surface area contributed by atoms with E-state index >= 15 is 0 Å². The van der Waals surface area contributed by atoms with Gasteiger partial charge in [-0.1, -0.05) is 0 Å². The summed E-state index contributed by atoms with van der Waals surface area (Å²) in [5.74, 6) is 0.376. The number of anilines is 1. The summed E-state index contributed by atoms with van der Waals surface area (Å²) in [5.41, 5.74) is 0.949. The second-order valence-corrected chi connectivity index (χ2v) is 7.25. The minimum Gasteiger partial charge on any atom is -0.315 e. The van der Waals surface area contributed by atoms with Gasteiger partial charge < -0.3 is 5.32 Å². The van der Waals surface area contributed by atoms with Crippen molar-refractivity contribution in [1.82, 2.24) is 10.3 Å². The van der Waals surface area contributed by atoms with E-state index in [0.717, 1.165) is 23.0 Å². The number of nitrogens with zero attached hydrogens (tertiary/aromatic N) is 1. The Balaban J connectivity index is 2.13. The predicted molar refractivity (Wildman–Crippen MR) is 75.1 cm³/mol. The molecular weight excluding hydrogens is 318 g/mol. The van der Waals surface area contributed by atoms with Crippen LogP contribution in [-0.2, 0) is 10.0 Å². The van der Waals surface area contributed by atoms with E-state index < -0.39 is 10.0 Å². The first kappa shape index (κ1) is 13.8. The molecule has 2 heterocycles. The number of pyridine rings is 1. The third kappa shape index (κ3) is 3.21. The van der Waals surface area contributed by atoms with Crippen LogP contribution in [-0.4, -0.2) is 31.7 Å². The molecule has 1 atom stereocenters. The zero-order chi connectivity index (χ0) is 13.2. The summed E-state index contributed by atoms with van der Waals surface area (Å²) in [5, 5.41) is 2.72. The molecule has 1 aromatic rings. The fourth-order valence-electron chi connectivity index (χ4n) is 1.91. The van der Waals surface area contributed by atoms with Gasteiger partial charge in [-0.15, -0.1) is 0 Å². The van der Waals surface area contributed by atoms with Gasteiger partial charge in [-0.25, -0.2) is 13.4 Å². The summed E-state index contributed by atoms with van der Waals surface area (Å²) >= 11 is 3.34. The molecule has 0 amide bonds. The SMILES string of the molecule is Cc1cc(NS(=O)(=O)C2CCCNC2)ncc1Br. The maximum absolute atomic E-state index is 12.1. The van der Waals surface area contributed by atoms with Crippen molar-refractivity contribution in [2.75, 3.05) is 17.8 Å². The first-order valence-electron chi connectivity index (χ1n) is 5.83. The van der Waals surface area contributed by atoms with Crippen molar-refractivity contribution in [1.29, 1.82) is 0 Å². The number of rotatable bonds is 3. The Bertz CT molecular complexity index is 527. The number of hydrogen-bond donors (Lipinski definition) is 2. The van der Waals surface area contributed by atoms with E-state index in [4.69, 9.17) is 0 Å². The lowest BCUT2D eigenvalue weighted by Gasteiger charge is -2.23. The fourth-order valence-corrected chi connectivity index (χ4v) is 3.51. The maximum atomic E-state index is 12.1. The van der Waals surface area contributed by atoms with E-state index in [0.29, 0.717) is 18.8 Å². The van der Waals surface area contributed by atoms with Gasteiger partial charge in [0.25, 0.3) is 0 Å². The molecular formula is C11H16BrN3O2S. The minimum atomic E-state index is -3.36. The highest BCUT2D eigenvalue weighted by Gasteiger charge is 2.27. The van der Waals surface area contributed by atoms with Gasteiger partial charge in [0, 0.05) is 17.2 Å². The molecule has 1 aliphatic rings. The van der Waals surface area contributed by atoms with Gasteiger partial charge in [0.15, 0.2) is 0 Å². The van der Waals surface area contributed by atoms with E-state index in [9.17, 15) is 8.42 Å². The molecule has 0 spiro atoms. The van der Waals surface area contributed by atoms with Crippen LogP contribution in [0.2, 0.25) is 0 Å². The molecule has 5 nitrogen and oxygen atoms in total. The maximum Gasteiger partial charge on any atom is 0.238 e. The van der Waals surface area contributed by atoms with Gasteiger partial charge in [-0.3, -0.25) is 4.72 Å². The molecule has 1 unspecified atom stereocenters. The summed E-state index contributed by atoms with van der Waals surface area (Å²) in [6.07, 6.45) is 3.18. The van der Waals surface area contributed by atoms with Crippen molar-refractivity contribution in [3.05, 3.63) is 22.3 Å². The van der Waals surface area contributed by atoms with Crippen LogP contribution in [0.1, 0.15) is 18.4 Å². The summed E-state index contributed by atoms with van der Waals surface area (Å²) in [6, 6.07) is 1.72. The Labute approximate surface area is 116 Å². The molecule has 1 saturated heterocycles. The van der Waals surface area contributed by atoms with Crippen LogP contribution in [0, 0.1) is 6.92 Å². The quantitative estimate of drug-likeness (QED) is 0.882. The number of nitrogens with one attached hydrogen (secondary N) is 2. The lowest BCUT2D eigenvalue weighted by molar-refractivity contribution is 0.499. The van der Waals surface area contributed by atoms with Crippen LogP contribution < -0.4 is 10.0 Å². The Morgan fingerprint density at radius 3 is 2.94 bits per heavy atom. The van der Waals surface area contributed by atoms with Crippen molar-refractivity contribution in [3.63, 3.8) is 0 Å². The van der Waals surface area contributed by atoms with E-state index in [2.05, 4.69) is 31.0 Å². The standard InChI is InChI=1S/C11H16BrN3O2S/c1-8-5-11(14-7-10(8)12)15-18(16,17)9-3-2-4-13-6-9/h5,7,9,13H,2-4,6H2,1H3,(H,14,15). The lowest BCUT2D eigenvalue weighted by Crippen LogP contribution is -2.41. The van der Waals surface area contributed by atoms with Crippen LogP contribution in [0.5, 0.6) is 0 Å². The van der Waals surface area contributed by atoms with Crippen molar-refractivity contribution in [2.45, 2.75) is 25.0 Å². The average molecular weight is 334 g/mol. The molecule has 2 N–H and O–H groups in total. The highest BCUT2D eigenvalue weighted by Crippen LogP contribution is 2.20. The van der Waals surface area contributed by atoms with Crippen LogP contribution in [0.15, 0.2) is 16.7 Å². The monoisotopic (exact) mass is 333 g/mol. The molecule has 0 aromatic carbocycles. The van der Waals surface area contributed by atoms with Gasteiger partial charge >= 0.3 is 0 Å². The Morgan fingerprint density at radius 2 is 2.33 bits per heavy atom. The minimum absolute atomic E-state index is 0.376. The number of hydrogen-bond acceptors (Lipinski definition) is 4. The van der Waals surface area contributed by atoms with Gasteiger partial charge in [0.1, 0.15) is 5.82 Å². The average Bonchev–Trinajstić information content (AvgIpc) is 2.35. The molecule has 18 heavy (non-hydrogen) atoms. The van der Waals surface area contributed by atoms with Crippen molar-refractivity contribution >= 4 is 31.8 Å². The second-order valence-electron chi connectivity index (χ2n) is 4.43. The molecule has 1 aliphatic heterocycles. The molecule has 0 aliphatic carbocycles. The van der Waals surface area contributed by atoms with Gasteiger partial charge in [-0.2, -0.15) is 0 Å². The Hall–Kier alpha value is -0.660. The van der Waals surface area contributed by atoms with Crippen molar-refractivity contribution < 1.29 is 8.42 Å². The van der Waals surface area contributed by atoms with E-state index in [1.807, 2.05) is 6.92 Å². The van der Waals surface area contributed by atoms with E-state index in [1.54, 1.807) is 12.3 Å². The topological polar surface area (TPSA) is 71.1 Å². The second kappa shape index (κ2) is 5.54. The normalized spacial score (nSPS) is 20.7. The first-order chi connectivity index (χ1) is 8.49. The van der Waals surface area contributed by atoms with Crippen LogP contribution >= 0.6 is 15.9 Å². The molecule has 0 radical (unpaired) electrons. The lowest BCUT2D eigenvalue weighted by atomic mass is 10.2. The van der Waals surface area contributed by atoms with Crippen molar-refractivity contribution in [3.8, 4) is 0 Å². The fraction of sp³-hybridized carbons (Fsp3) is 0.545. The Kier molecular flexibility index (Phi) is 4.24. The van der Waals surface area contributed by atoms with Crippen LogP contribution in [0.3, 0.4) is 0 Å². The summed E-state index contributed by atoms with van der Waals surface area (Å²) in [7, 11) is -3.36. The third-order valence-electron chi connectivity index (χ3n) is 2.98. The number of piperidine rings is 1. The summed E-state index contributed by atoms with van der Waals surface area (Å²) in [4.78, 5) is 4.06. The third-order valence-corrected chi connectivity index (χ3v) is 5.59. The summed E-state index contributed by atoms with van der Waals surface area (Å²) < 4.78 is 27.7. The first-order valence-corrected chi connectivity index (χ1v) is 8.17. The highest BCUT2D eigenvalue weighted by atomic mass is 79.9. The highest BCUT2D eigenvalue weighted by molar-refractivity contribution is 9.10.